The van der Waals surface area contributed by atoms with Gasteiger partial charge in [-0.05, 0) is 54.7 Å². The number of halogens is 1. The zero-order valence-electron chi connectivity index (χ0n) is 20.3. The first-order valence-corrected chi connectivity index (χ1v) is 12.2. The maximum Gasteiger partial charge on any atom is 0.342 e. The Morgan fingerprint density at radius 3 is 2.57 bits per heavy atom. The second kappa shape index (κ2) is 12.3. The number of ether oxygens (including phenoxy) is 3. The van der Waals surface area contributed by atoms with Crippen molar-refractivity contribution in [2.45, 2.75) is 25.3 Å². The minimum atomic E-state index is -0.727. The molecular weight excluding hydrogens is 496 g/mol. The Kier molecular flexibility index (Phi) is 8.64. The van der Waals surface area contributed by atoms with Gasteiger partial charge in [0.15, 0.2) is 13.2 Å². The van der Waals surface area contributed by atoms with Crippen LogP contribution in [0.1, 0.15) is 40.4 Å². The summed E-state index contributed by atoms with van der Waals surface area (Å²) in [6.45, 7) is -0.791. The van der Waals surface area contributed by atoms with Gasteiger partial charge in [-0.25, -0.2) is 4.79 Å². The van der Waals surface area contributed by atoms with Gasteiger partial charge in [0.25, 0.3) is 11.8 Å². The first-order valence-electron chi connectivity index (χ1n) is 11.8. The Hall–Kier alpha value is -4.04. The molecule has 0 aromatic heterocycles. The van der Waals surface area contributed by atoms with Gasteiger partial charge in [0.05, 0.1) is 18.8 Å². The molecule has 192 valence electrons. The Balaban J connectivity index is 1.31. The third-order valence-corrected chi connectivity index (χ3v) is 6.18. The Morgan fingerprint density at radius 1 is 0.946 bits per heavy atom. The summed E-state index contributed by atoms with van der Waals surface area (Å²) in [6.07, 6.45) is 2.79. The standard InChI is InChI=1S/C28H27ClN2O6/c1-35-25-15-19(29)13-14-23(25)31-26(32)16-36-24-12-5-4-10-21(24)28(34)37-17-27(33)30-22-11-6-8-18-7-2-3-9-20(18)22/h2-5,7,9-10,12-15,22H,6,8,11,16-17H2,1H3,(H,30,33)(H,31,32)/t22-/m1/s1. The minimum Gasteiger partial charge on any atom is -0.495 e. The van der Waals surface area contributed by atoms with E-state index in [0.29, 0.717) is 16.5 Å². The molecule has 1 aliphatic carbocycles. The average Bonchev–Trinajstić information content (AvgIpc) is 2.92. The quantitative estimate of drug-likeness (QED) is 0.394. The summed E-state index contributed by atoms with van der Waals surface area (Å²) < 4.78 is 16.0. The van der Waals surface area contributed by atoms with Gasteiger partial charge in [0.1, 0.15) is 17.1 Å². The van der Waals surface area contributed by atoms with E-state index in [-0.39, 0.29) is 29.9 Å². The molecule has 2 amide bonds. The lowest BCUT2D eigenvalue weighted by Crippen LogP contribution is -2.34. The third-order valence-electron chi connectivity index (χ3n) is 5.94. The summed E-state index contributed by atoms with van der Waals surface area (Å²) in [5.74, 6) is -1.01. The van der Waals surface area contributed by atoms with Crippen LogP contribution in [-0.2, 0) is 20.7 Å². The number of anilines is 1. The van der Waals surface area contributed by atoms with Crippen LogP contribution in [0.4, 0.5) is 5.69 Å². The SMILES string of the molecule is COc1cc(Cl)ccc1NC(=O)COc1ccccc1C(=O)OCC(=O)N[C@@H]1CCCc2ccccc21. The number of hydrogen-bond acceptors (Lipinski definition) is 6. The van der Waals surface area contributed by atoms with Crippen molar-refractivity contribution in [1.29, 1.82) is 0 Å². The molecule has 9 heteroatoms. The van der Waals surface area contributed by atoms with Crippen molar-refractivity contribution in [3.8, 4) is 11.5 Å². The van der Waals surface area contributed by atoms with Gasteiger partial charge in [0, 0.05) is 11.1 Å². The summed E-state index contributed by atoms with van der Waals surface area (Å²) >= 11 is 5.95. The number of amides is 2. The maximum atomic E-state index is 12.7. The fraction of sp³-hybridized carbons (Fsp3) is 0.250. The van der Waals surface area contributed by atoms with E-state index in [1.807, 2.05) is 18.2 Å². The van der Waals surface area contributed by atoms with E-state index in [9.17, 15) is 14.4 Å². The first kappa shape index (κ1) is 26.0. The highest BCUT2D eigenvalue weighted by Crippen LogP contribution is 2.30. The number of carbonyl (C=O) groups excluding carboxylic acids is 3. The van der Waals surface area contributed by atoms with Crippen molar-refractivity contribution in [3.63, 3.8) is 0 Å². The molecule has 0 heterocycles. The maximum absolute atomic E-state index is 12.7. The van der Waals surface area contributed by atoms with Crippen LogP contribution in [0.3, 0.4) is 0 Å². The zero-order valence-corrected chi connectivity index (χ0v) is 21.0. The molecule has 2 N–H and O–H groups in total. The molecule has 1 aliphatic rings. The van der Waals surface area contributed by atoms with Crippen molar-refractivity contribution >= 4 is 35.1 Å². The Morgan fingerprint density at radius 2 is 1.73 bits per heavy atom. The van der Waals surface area contributed by atoms with Crippen LogP contribution >= 0.6 is 11.6 Å². The van der Waals surface area contributed by atoms with Crippen molar-refractivity contribution < 1.29 is 28.6 Å². The molecule has 0 bridgehead atoms. The normalized spacial score (nSPS) is 14.2. The highest BCUT2D eigenvalue weighted by molar-refractivity contribution is 6.30. The lowest BCUT2D eigenvalue weighted by molar-refractivity contribution is -0.125. The molecule has 0 saturated heterocycles. The van der Waals surface area contributed by atoms with E-state index in [4.69, 9.17) is 25.8 Å². The summed E-state index contributed by atoms with van der Waals surface area (Å²) in [4.78, 5) is 37.6. The summed E-state index contributed by atoms with van der Waals surface area (Å²) in [5.41, 5.74) is 2.86. The van der Waals surface area contributed by atoms with Crippen molar-refractivity contribution in [2.75, 3.05) is 25.6 Å². The molecule has 0 radical (unpaired) electrons. The molecule has 8 nitrogen and oxygen atoms in total. The van der Waals surface area contributed by atoms with Crippen LogP contribution in [0.25, 0.3) is 0 Å². The van der Waals surface area contributed by atoms with Crippen LogP contribution in [0.2, 0.25) is 5.02 Å². The number of esters is 1. The van der Waals surface area contributed by atoms with E-state index in [1.165, 1.54) is 18.7 Å². The van der Waals surface area contributed by atoms with E-state index in [1.54, 1.807) is 36.4 Å². The molecular formula is C28H27ClN2O6. The number of hydrogen-bond donors (Lipinski definition) is 2. The molecule has 0 saturated carbocycles. The van der Waals surface area contributed by atoms with Gasteiger partial charge in [-0.1, -0.05) is 48.0 Å². The molecule has 3 aromatic rings. The van der Waals surface area contributed by atoms with Crippen LogP contribution in [0.5, 0.6) is 11.5 Å². The van der Waals surface area contributed by atoms with Crippen LogP contribution in [0, 0.1) is 0 Å². The highest BCUT2D eigenvalue weighted by atomic mass is 35.5. The number of rotatable bonds is 9. The third kappa shape index (κ3) is 6.80. The molecule has 1 atom stereocenters. The van der Waals surface area contributed by atoms with Gasteiger partial charge >= 0.3 is 5.97 Å². The van der Waals surface area contributed by atoms with Crippen LogP contribution in [-0.4, -0.2) is 38.1 Å². The first-order chi connectivity index (χ1) is 17.9. The fourth-order valence-electron chi connectivity index (χ4n) is 4.21. The highest BCUT2D eigenvalue weighted by Gasteiger charge is 2.22. The Labute approximate surface area is 219 Å². The predicted octanol–water partition coefficient (Wildman–Crippen LogP) is 4.72. The fourth-order valence-corrected chi connectivity index (χ4v) is 4.37. The smallest absolute Gasteiger partial charge is 0.342 e. The van der Waals surface area contributed by atoms with Gasteiger partial charge < -0.3 is 24.8 Å². The predicted molar refractivity (Wildman–Crippen MR) is 139 cm³/mol. The zero-order chi connectivity index (χ0) is 26.2. The monoisotopic (exact) mass is 522 g/mol. The summed E-state index contributed by atoms with van der Waals surface area (Å²) in [6, 6.07) is 19.1. The number of nitrogens with one attached hydrogen (secondary N) is 2. The number of fused-ring (bicyclic) bond motifs is 1. The molecule has 37 heavy (non-hydrogen) atoms. The van der Waals surface area contributed by atoms with Gasteiger partial charge in [-0.2, -0.15) is 0 Å². The minimum absolute atomic E-state index is 0.107. The molecule has 3 aromatic carbocycles. The number of aryl methyl sites for hydroxylation is 1. The van der Waals surface area contributed by atoms with E-state index < -0.39 is 18.5 Å². The lowest BCUT2D eigenvalue weighted by Gasteiger charge is -2.26. The van der Waals surface area contributed by atoms with E-state index in [0.717, 1.165) is 24.8 Å². The summed E-state index contributed by atoms with van der Waals surface area (Å²) in [5, 5.41) is 6.10. The van der Waals surface area contributed by atoms with Crippen LogP contribution < -0.4 is 20.1 Å². The number of para-hydroxylation sites is 1. The molecule has 4 rings (SSSR count). The molecule has 0 aliphatic heterocycles. The van der Waals surface area contributed by atoms with Crippen molar-refractivity contribution in [1.82, 2.24) is 5.32 Å². The van der Waals surface area contributed by atoms with Crippen molar-refractivity contribution in [3.05, 3.63) is 88.4 Å². The summed E-state index contributed by atoms with van der Waals surface area (Å²) in [7, 11) is 1.47. The second-order valence-corrected chi connectivity index (χ2v) is 8.90. The molecule has 0 fully saturated rings. The average molecular weight is 523 g/mol. The van der Waals surface area contributed by atoms with E-state index >= 15 is 0 Å². The van der Waals surface area contributed by atoms with Crippen molar-refractivity contribution in [2.24, 2.45) is 0 Å². The topological polar surface area (TPSA) is 103 Å². The molecule has 0 unspecified atom stereocenters. The van der Waals surface area contributed by atoms with E-state index in [2.05, 4.69) is 16.7 Å². The van der Waals surface area contributed by atoms with Gasteiger partial charge in [-0.15, -0.1) is 0 Å². The molecule has 0 spiro atoms. The van der Waals surface area contributed by atoms with Gasteiger partial charge in [0.2, 0.25) is 0 Å². The lowest BCUT2D eigenvalue weighted by atomic mass is 9.88. The van der Waals surface area contributed by atoms with Crippen LogP contribution in [0.15, 0.2) is 66.7 Å². The Bertz CT molecular complexity index is 1300. The largest absolute Gasteiger partial charge is 0.495 e. The number of carbonyl (C=O) groups is 3. The second-order valence-electron chi connectivity index (χ2n) is 8.46. The number of benzene rings is 3. The van der Waals surface area contributed by atoms with Gasteiger partial charge in [-0.3, -0.25) is 9.59 Å². The number of methoxy groups -OCH3 is 1.